The van der Waals surface area contributed by atoms with Crippen molar-refractivity contribution >= 4 is 29.3 Å². The third kappa shape index (κ3) is 5.96. The highest BCUT2D eigenvalue weighted by molar-refractivity contribution is 8.00. The number of carboxylic acid groups (broad SMARTS) is 1. The summed E-state index contributed by atoms with van der Waals surface area (Å²) in [6.07, 6.45) is 0. The fourth-order valence-corrected chi connectivity index (χ4v) is 2.82. The summed E-state index contributed by atoms with van der Waals surface area (Å²) in [5.74, 6) is -0.311. The number of hydrogen-bond acceptors (Lipinski definition) is 4. The molecular weight excluding hydrogens is 326 g/mol. The van der Waals surface area contributed by atoms with E-state index in [1.807, 2.05) is 30.3 Å². The van der Waals surface area contributed by atoms with Crippen molar-refractivity contribution < 1.29 is 19.4 Å². The second-order valence-electron chi connectivity index (χ2n) is 5.12. The Morgan fingerprint density at radius 3 is 2.42 bits per heavy atom. The third-order valence-corrected chi connectivity index (χ3v) is 4.43. The number of amides is 1. The average Bonchev–Trinajstić information content (AvgIpc) is 2.60. The van der Waals surface area contributed by atoms with Crippen LogP contribution in [0.5, 0.6) is 5.75 Å². The lowest BCUT2D eigenvalue weighted by molar-refractivity contribution is -0.139. The SMILES string of the molecule is CC(SCC(=O)Nc1ccc(OCC(=O)O)cc1)c1ccccc1. The minimum Gasteiger partial charge on any atom is -0.482 e. The van der Waals surface area contributed by atoms with Crippen LogP contribution in [0.4, 0.5) is 5.69 Å². The molecule has 2 N–H and O–H groups in total. The zero-order valence-corrected chi connectivity index (χ0v) is 14.1. The fraction of sp³-hybridized carbons (Fsp3) is 0.222. The summed E-state index contributed by atoms with van der Waals surface area (Å²) >= 11 is 1.57. The molecule has 0 bridgehead atoms. The van der Waals surface area contributed by atoms with Gasteiger partial charge in [0, 0.05) is 10.9 Å². The molecule has 2 aromatic carbocycles. The van der Waals surface area contributed by atoms with Gasteiger partial charge in [-0.1, -0.05) is 30.3 Å². The van der Waals surface area contributed by atoms with Gasteiger partial charge in [-0.25, -0.2) is 4.79 Å². The molecule has 0 aliphatic carbocycles. The number of rotatable bonds is 8. The van der Waals surface area contributed by atoms with Gasteiger partial charge >= 0.3 is 5.97 Å². The summed E-state index contributed by atoms with van der Waals surface area (Å²) < 4.78 is 5.04. The first-order valence-corrected chi connectivity index (χ1v) is 8.50. The predicted octanol–water partition coefficient (Wildman–Crippen LogP) is 3.58. The molecule has 0 aliphatic rings. The molecule has 126 valence electrons. The van der Waals surface area contributed by atoms with Crippen molar-refractivity contribution in [1.29, 1.82) is 0 Å². The highest BCUT2D eigenvalue weighted by atomic mass is 32.2. The molecule has 1 unspecified atom stereocenters. The Balaban J connectivity index is 1.78. The lowest BCUT2D eigenvalue weighted by Gasteiger charge is -2.12. The molecule has 2 rings (SSSR count). The summed E-state index contributed by atoms with van der Waals surface area (Å²) in [6, 6.07) is 16.6. The van der Waals surface area contributed by atoms with Gasteiger partial charge in [-0.2, -0.15) is 0 Å². The van der Waals surface area contributed by atoms with Crippen LogP contribution < -0.4 is 10.1 Å². The van der Waals surface area contributed by atoms with Crippen molar-refractivity contribution in [2.75, 3.05) is 17.7 Å². The van der Waals surface area contributed by atoms with Crippen molar-refractivity contribution in [3.63, 3.8) is 0 Å². The van der Waals surface area contributed by atoms with Crippen LogP contribution in [0, 0.1) is 0 Å². The number of carbonyl (C=O) groups excluding carboxylic acids is 1. The number of anilines is 1. The molecule has 0 aromatic heterocycles. The van der Waals surface area contributed by atoms with E-state index < -0.39 is 5.97 Å². The largest absolute Gasteiger partial charge is 0.482 e. The summed E-state index contributed by atoms with van der Waals surface area (Å²) in [5, 5.41) is 11.6. The topological polar surface area (TPSA) is 75.6 Å². The zero-order chi connectivity index (χ0) is 17.4. The van der Waals surface area contributed by atoms with E-state index in [4.69, 9.17) is 9.84 Å². The average molecular weight is 345 g/mol. The Morgan fingerprint density at radius 1 is 1.12 bits per heavy atom. The molecule has 24 heavy (non-hydrogen) atoms. The second kappa shape index (κ2) is 8.98. The first-order valence-electron chi connectivity index (χ1n) is 7.45. The molecule has 1 atom stereocenters. The van der Waals surface area contributed by atoms with E-state index in [-0.39, 0.29) is 17.8 Å². The number of aliphatic carboxylic acids is 1. The van der Waals surface area contributed by atoms with Crippen molar-refractivity contribution in [3.05, 3.63) is 60.2 Å². The van der Waals surface area contributed by atoms with Crippen LogP contribution in [-0.4, -0.2) is 29.3 Å². The lowest BCUT2D eigenvalue weighted by Crippen LogP contribution is -2.14. The van der Waals surface area contributed by atoms with Crippen LogP contribution >= 0.6 is 11.8 Å². The number of hydrogen-bond donors (Lipinski definition) is 2. The zero-order valence-electron chi connectivity index (χ0n) is 13.3. The Hall–Kier alpha value is -2.47. The minimum atomic E-state index is -1.03. The lowest BCUT2D eigenvalue weighted by atomic mass is 10.2. The van der Waals surface area contributed by atoms with Crippen molar-refractivity contribution in [2.45, 2.75) is 12.2 Å². The van der Waals surface area contributed by atoms with E-state index in [0.29, 0.717) is 17.2 Å². The Bertz CT molecular complexity index is 673. The van der Waals surface area contributed by atoms with Crippen LogP contribution in [0.1, 0.15) is 17.7 Å². The number of benzene rings is 2. The Morgan fingerprint density at radius 2 is 1.79 bits per heavy atom. The van der Waals surface area contributed by atoms with Gasteiger partial charge in [-0.15, -0.1) is 11.8 Å². The monoisotopic (exact) mass is 345 g/mol. The minimum absolute atomic E-state index is 0.0815. The van der Waals surface area contributed by atoms with Gasteiger partial charge in [0.15, 0.2) is 6.61 Å². The number of ether oxygens (including phenoxy) is 1. The number of carbonyl (C=O) groups is 2. The molecule has 0 saturated heterocycles. The van der Waals surface area contributed by atoms with Gasteiger partial charge in [-0.3, -0.25) is 4.79 Å². The molecule has 6 heteroatoms. The maximum atomic E-state index is 12.0. The molecule has 0 spiro atoms. The van der Waals surface area contributed by atoms with E-state index in [2.05, 4.69) is 12.2 Å². The predicted molar refractivity (Wildman–Crippen MR) is 95.5 cm³/mol. The van der Waals surface area contributed by atoms with Crippen LogP contribution in [0.2, 0.25) is 0 Å². The van der Waals surface area contributed by atoms with Gasteiger partial charge in [0.05, 0.1) is 5.75 Å². The van der Waals surface area contributed by atoms with E-state index in [0.717, 1.165) is 0 Å². The van der Waals surface area contributed by atoms with Gasteiger partial charge in [-0.05, 0) is 36.8 Å². The maximum absolute atomic E-state index is 12.0. The van der Waals surface area contributed by atoms with Gasteiger partial charge in [0.1, 0.15) is 5.75 Å². The number of thioether (sulfide) groups is 1. The molecule has 5 nitrogen and oxygen atoms in total. The molecule has 0 aliphatic heterocycles. The van der Waals surface area contributed by atoms with Crippen LogP contribution in [0.3, 0.4) is 0 Å². The molecular formula is C18H19NO4S. The van der Waals surface area contributed by atoms with E-state index in [9.17, 15) is 9.59 Å². The summed E-state index contributed by atoms with van der Waals surface area (Å²) in [5.41, 5.74) is 1.84. The Kier molecular flexibility index (Phi) is 6.69. The molecule has 0 fully saturated rings. The maximum Gasteiger partial charge on any atom is 0.341 e. The van der Waals surface area contributed by atoms with Gasteiger partial charge in [0.2, 0.25) is 5.91 Å². The van der Waals surface area contributed by atoms with Gasteiger partial charge in [0.25, 0.3) is 0 Å². The van der Waals surface area contributed by atoms with Crippen molar-refractivity contribution in [3.8, 4) is 5.75 Å². The fourth-order valence-electron chi connectivity index (χ4n) is 2.00. The molecule has 0 radical (unpaired) electrons. The second-order valence-corrected chi connectivity index (χ2v) is 6.45. The van der Waals surface area contributed by atoms with Crippen LogP contribution in [-0.2, 0) is 9.59 Å². The van der Waals surface area contributed by atoms with Crippen molar-refractivity contribution in [1.82, 2.24) is 0 Å². The first kappa shape index (κ1) is 17.9. The van der Waals surface area contributed by atoms with Crippen molar-refractivity contribution in [2.24, 2.45) is 0 Å². The summed E-state index contributed by atoms with van der Waals surface area (Å²) in [7, 11) is 0. The van der Waals surface area contributed by atoms with E-state index in [1.54, 1.807) is 36.0 Å². The summed E-state index contributed by atoms with van der Waals surface area (Å²) in [4.78, 5) is 22.4. The molecule has 2 aromatic rings. The number of nitrogens with one attached hydrogen (secondary N) is 1. The van der Waals surface area contributed by atoms with E-state index >= 15 is 0 Å². The van der Waals surface area contributed by atoms with Crippen LogP contribution in [0.15, 0.2) is 54.6 Å². The number of carboxylic acids is 1. The smallest absolute Gasteiger partial charge is 0.341 e. The molecule has 0 heterocycles. The standard InChI is InChI=1S/C18H19NO4S/c1-13(14-5-3-2-4-6-14)24-12-17(20)19-15-7-9-16(10-8-15)23-11-18(21)22/h2-10,13H,11-12H2,1H3,(H,19,20)(H,21,22). The molecule has 1 amide bonds. The highest BCUT2D eigenvalue weighted by Gasteiger charge is 2.09. The quantitative estimate of drug-likeness (QED) is 0.765. The third-order valence-electron chi connectivity index (χ3n) is 3.23. The normalized spacial score (nSPS) is 11.5. The summed E-state index contributed by atoms with van der Waals surface area (Å²) in [6.45, 7) is 1.68. The van der Waals surface area contributed by atoms with Gasteiger partial charge < -0.3 is 15.2 Å². The first-order chi connectivity index (χ1) is 11.5. The van der Waals surface area contributed by atoms with Crippen LogP contribution in [0.25, 0.3) is 0 Å². The molecule has 0 saturated carbocycles. The van der Waals surface area contributed by atoms with E-state index in [1.165, 1.54) is 5.56 Å². The highest BCUT2D eigenvalue weighted by Crippen LogP contribution is 2.27. The Labute approximate surface area is 145 Å².